The molecule has 0 radical (unpaired) electrons. The molecule has 6 heteroatoms. The summed E-state index contributed by atoms with van der Waals surface area (Å²) < 4.78 is 1.26. The first-order valence-corrected chi connectivity index (χ1v) is 4.84. The number of rotatable bonds is 2. The van der Waals surface area contributed by atoms with E-state index in [0.29, 0.717) is 5.56 Å². The second-order valence-corrected chi connectivity index (χ2v) is 3.97. The standard InChI is InChI=1S/C10H12N2O4/c1-6-4-12(9(14)11-8(6)13)5-7-2-3-10(7,15)16/h2-4,7,15-16H,5H2,1H3,(H,11,13,14)/t7-/m0/s1. The van der Waals surface area contributed by atoms with E-state index in [-0.39, 0.29) is 6.54 Å². The first kappa shape index (κ1) is 10.8. The Morgan fingerprint density at radius 1 is 1.50 bits per heavy atom. The second-order valence-electron chi connectivity index (χ2n) is 3.97. The molecule has 6 nitrogen and oxygen atoms in total. The Hall–Kier alpha value is -1.66. The summed E-state index contributed by atoms with van der Waals surface area (Å²) in [5, 5.41) is 18.7. The number of aryl methyl sites for hydroxylation is 1. The van der Waals surface area contributed by atoms with Crippen LogP contribution in [0, 0.1) is 12.8 Å². The van der Waals surface area contributed by atoms with Crippen LogP contribution < -0.4 is 11.2 Å². The Bertz CT molecular complexity index is 553. The number of nitrogens with one attached hydrogen (secondary N) is 1. The highest BCUT2D eigenvalue weighted by atomic mass is 16.5. The average molecular weight is 224 g/mol. The predicted octanol–water partition coefficient (Wildman–Crippen LogP) is -1.29. The SMILES string of the molecule is Cc1cn(C[C@@H]2C=CC2(O)O)c(=O)[nH]c1=O. The van der Waals surface area contributed by atoms with Crippen molar-refractivity contribution < 1.29 is 10.2 Å². The molecule has 0 bridgehead atoms. The fraction of sp³-hybridized carbons (Fsp3) is 0.400. The lowest BCUT2D eigenvalue weighted by atomic mass is 9.87. The van der Waals surface area contributed by atoms with Gasteiger partial charge in [0.2, 0.25) is 0 Å². The monoisotopic (exact) mass is 224 g/mol. The van der Waals surface area contributed by atoms with Crippen LogP contribution in [0.4, 0.5) is 0 Å². The van der Waals surface area contributed by atoms with Crippen molar-refractivity contribution in [2.24, 2.45) is 5.92 Å². The van der Waals surface area contributed by atoms with E-state index >= 15 is 0 Å². The van der Waals surface area contributed by atoms with Crippen LogP contribution in [0.3, 0.4) is 0 Å². The van der Waals surface area contributed by atoms with E-state index in [1.165, 1.54) is 16.8 Å². The van der Waals surface area contributed by atoms with Crippen LogP contribution >= 0.6 is 0 Å². The lowest BCUT2D eigenvalue weighted by Crippen LogP contribution is -2.45. The van der Waals surface area contributed by atoms with Crippen molar-refractivity contribution >= 4 is 0 Å². The van der Waals surface area contributed by atoms with E-state index in [9.17, 15) is 19.8 Å². The minimum Gasteiger partial charge on any atom is -0.362 e. The number of aliphatic hydroxyl groups is 2. The minimum absolute atomic E-state index is 0.125. The normalized spacial score (nSPS) is 21.8. The topological polar surface area (TPSA) is 95.3 Å². The zero-order valence-corrected chi connectivity index (χ0v) is 8.67. The summed E-state index contributed by atoms with van der Waals surface area (Å²) in [6.07, 6.45) is 4.26. The third-order valence-electron chi connectivity index (χ3n) is 2.70. The summed E-state index contributed by atoms with van der Waals surface area (Å²) in [6.45, 7) is 1.70. The summed E-state index contributed by atoms with van der Waals surface area (Å²) >= 11 is 0. The summed E-state index contributed by atoms with van der Waals surface area (Å²) in [5.74, 6) is -2.39. The molecule has 0 aromatic carbocycles. The number of hydrogen-bond acceptors (Lipinski definition) is 4. The van der Waals surface area contributed by atoms with Gasteiger partial charge in [-0.05, 0) is 13.0 Å². The van der Waals surface area contributed by atoms with E-state index in [1.54, 1.807) is 13.0 Å². The number of nitrogens with zero attached hydrogens (tertiary/aromatic N) is 1. The molecule has 16 heavy (non-hydrogen) atoms. The highest BCUT2D eigenvalue weighted by Crippen LogP contribution is 2.28. The van der Waals surface area contributed by atoms with Crippen LogP contribution in [-0.4, -0.2) is 25.6 Å². The maximum atomic E-state index is 11.4. The van der Waals surface area contributed by atoms with Gasteiger partial charge in [0, 0.05) is 18.3 Å². The van der Waals surface area contributed by atoms with Crippen LogP contribution in [0.15, 0.2) is 27.9 Å². The van der Waals surface area contributed by atoms with Gasteiger partial charge in [-0.2, -0.15) is 0 Å². The molecule has 86 valence electrons. The van der Waals surface area contributed by atoms with E-state index in [1.807, 2.05) is 0 Å². The van der Waals surface area contributed by atoms with E-state index < -0.39 is 23.0 Å². The first-order valence-electron chi connectivity index (χ1n) is 4.84. The molecule has 0 spiro atoms. The summed E-state index contributed by atoms with van der Waals surface area (Å²) in [6, 6.07) is 0. The molecule has 0 aliphatic heterocycles. The molecule has 0 fully saturated rings. The lowest BCUT2D eigenvalue weighted by molar-refractivity contribution is -0.167. The van der Waals surface area contributed by atoms with Gasteiger partial charge in [0.25, 0.3) is 5.56 Å². The van der Waals surface area contributed by atoms with Crippen LogP contribution in [0.1, 0.15) is 5.56 Å². The number of aromatic amines is 1. The van der Waals surface area contributed by atoms with Crippen molar-refractivity contribution in [2.75, 3.05) is 0 Å². The molecule has 1 aliphatic rings. The van der Waals surface area contributed by atoms with Crippen LogP contribution in [-0.2, 0) is 6.54 Å². The van der Waals surface area contributed by atoms with Crippen molar-refractivity contribution in [1.82, 2.24) is 9.55 Å². The van der Waals surface area contributed by atoms with Gasteiger partial charge in [-0.25, -0.2) is 4.79 Å². The molecule has 2 rings (SSSR count). The molecule has 3 N–H and O–H groups in total. The Labute approximate surface area is 90.5 Å². The zero-order chi connectivity index (χ0) is 11.9. The number of aromatic nitrogens is 2. The molecule has 1 aromatic heterocycles. The summed E-state index contributed by atoms with van der Waals surface area (Å²) in [7, 11) is 0. The molecular formula is C10H12N2O4. The van der Waals surface area contributed by atoms with E-state index in [4.69, 9.17) is 0 Å². The van der Waals surface area contributed by atoms with Gasteiger partial charge in [0.15, 0.2) is 5.79 Å². The molecular weight excluding hydrogens is 212 g/mol. The third-order valence-corrected chi connectivity index (χ3v) is 2.70. The summed E-state index contributed by atoms with van der Waals surface area (Å²) in [4.78, 5) is 24.7. The highest BCUT2D eigenvalue weighted by Gasteiger charge is 2.37. The minimum atomic E-state index is -1.86. The Kier molecular flexibility index (Phi) is 2.32. The van der Waals surface area contributed by atoms with Gasteiger partial charge < -0.3 is 10.2 Å². The molecule has 0 unspecified atom stereocenters. The molecule has 0 saturated carbocycles. The van der Waals surface area contributed by atoms with E-state index in [2.05, 4.69) is 4.98 Å². The zero-order valence-electron chi connectivity index (χ0n) is 8.67. The van der Waals surface area contributed by atoms with Gasteiger partial charge in [0.1, 0.15) is 0 Å². The quantitative estimate of drug-likeness (QED) is 0.430. The molecule has 1 atom stereocenters. The fourth-order valence-electron chi connectivity index (χ4n) is 1.57. The third kappa shape index (κ3) is 1.72. The Morgan fingerprint density at radius 2 is 2.19 bits per heavy atom. The molecule has 0 saturated heterocycles. The van der Waals surface area contributed by atoms with Gasteiger partial charge in [-0.1, -0.05) is 6.08 Å². The van der Waals surface area contributed by atoms with Gasteiger partial charge >= 0.3 is 5.69 Å². The Balaban J connectivity index is 2.30. The van der Waals surface area contributed by atoms with Crippen molar-refractivity contribution in [1.29, 1.82) is 0 Å². The van der Waals surface area contributed by atoms with Crippen LogP contribution in [0.25, 0.3) is 0 Å². The van der Waals surface area contributed by atoms with Crippen molar-refractivity contribution in [3.8, 4) is 0 Å². The number of hydrogen-bond donors (Lipinski definition) is 3. The highest BCUT2D eigenvalue weighted by molar-refractivity contribution is 5.15. The summed E-state index contributed by atoms with van der Waals surface area (Å²) in [5.41, 5.74) is -0.569. The smallest absolute Gasteiger partial charge is 0.328 e. The first-order chi connectivity index (χ1) is 7.40. The average Bonchev–Trinajstić information content (AvgIpc) is 2.20. The van der Waals surface area contributed by atoms with Gasteiger partial charge in [0.05, 0.1) is 5.92 Å². The second kappa shape index (κ2) is 3.43. The van der Waals surface area contributed by atoms with Gasteiger partial charge in [-0.3, -0.25) is 14.3 Å². The van der Waals surface area contributed by atoms with Crippen molar-refractivity contribution in [2.45, 2.75) is 19.3 Å². The Morgan fingerprint density at radius 3 is 2.69 bits per heavy atom. The largest absolute Gasteiger partial charge is 0.362 e. The predicted molar refractivity (Wildman–Crippen MR) is 55.9 cm³/mol. The molecule has 1 heterocycles. The van der Waals surface area contributed by atoms with Crippen LogP contribution in [0.2, 0.25) is 0 Å². The van der Waals surface area contributed by atoms with E-state index in [0.717, 1.165) is 0 Å². The van der Waals surface area contributed by atoms with Gasteiger partial charge in [-0.15, -0.1) is 0 Å². The molecule has 0 amide bonds. The maximum Gasteiger partial charge on any atom is 0.328 e. The fourth-order valence-corrected chi connectivity index (χ4v) is 1.57. The van der Waals surface area contributed by atoms with Crippen molar-refractivity contribution in [3.05, 3.63) is 44.8 Å². The van der Waals surface area contributed by atoms with Crippen molar-refractivity contribution in [3.63, 3.8) is 0 Å². The lowest BCUT2D eigenvalue weighted by Gasteiger charge is -2.33. The molecule has 1 aromatic rings. The maximum absolute atomic E-state index is 11.4. The number of H-pyrrole nitrogens is 1. The van der Waals surface area contributed by atoms with Crippen LogP contribution in [0.5, 0.6) is 0 Å². The molecule has 1 aliphatic carbocycles.